The van der Waals surface area contributed by atoms with E-state index >= 15 is 0 Å². The Morgan fingerprint density at radius 2 is 1.96 bits per heavy atom. The highest BCUT2D eigenvalue weighted by Crippen LogP contribution is 2.14. The lowest BCUT2D eigenvalue weighted by atomic mass is 10.1. The number of carbonyl (C=O) groups is 1. The van der Waals surface area contributed by atoms with Crippen LogP contribution in [0.4, 0.5) is 0 Å². The van der Waals surface area contributed by atoms with E-state index in [9.17, 15) is 4.79 Å². The third kappa shape index (κ3) is 3.75. The van der Waals surface area contributed by atoms with Gasteiger partial charge in [-0.2, -0.15) is 10.1 Å². The van der Waals surface area contributed by atoms with Gasteiger partial charge < -0.3 is 9.80 Å². The molecule has 1 aliphatic heterocycles. The van der Waals surface area contributed by atoms with Gasteiger partial charge in [-0.05, 0) is 20.8 Å². The van der Waals surface area contributed by atoms with E-state index in [0.29, 0.717) is 12.2 Å². The van der Waals surface area contributed by atoms with Crippen molar-refractivity contribution in [2.24, 2.45) is 0 Å². The highest BCUT2D eigenvalue weighted by Gasteiger charge is 2.25. The van der Waals surface area contributed by atoms with Crippen molar-refractivity contribution in [2.75, 3.05) is 26.2 Å². The van der Waals surface area contributed by atoms with Crippen LogP contribution in [0.3, 0.4) is 0 Å². The molecule has 7 heteroatoms. The number of nitrogens with zero attached hydrogens (tertiary/aromatic N) is 5. The van der Waals surface area contributed by atoms with Crippen LogP contribution < -0.4 is 4.90 Å². The summed E-state index contributed by atoms with van der Waals surface area (Å²) in [5.41, 5.74) is 5.42. The second kappa shape index (κ2) is 7.67. The molecule has 1 fully saturated rings. The predicted octanol–water partition coefficient (Wildman–Crippen LogP) is 0.519. The minimum atomic E-state index is 0.169. The molecular formula is C21H27N6O+. The number of quaternary nitrogens is 1. The van der Waals surface area contributed by atoms with E-state index in [1.165, 1.54) is 22.4 Å². The highest BCUT2D eigenvalue weighted by atomic mass is 16.2. The Balaban J connectivity index is 1.38. The number of fused-ring (bicyclic) bond motifs is 1. The van der Waals surface area contributed by atoms with Gasteiger partial charge in [-0.25, -0.2) is 9.50 Å². The van der Waals surface area contributed by atoms with Crippen molar-refractivity contribution >= 4 is 11.7 Å². The molecule has 7 nitrogen and oxygen atoms in total. The van der Waals surface area contributed by atoms with Gasteiger partial charge in [-0.3, -0.25) is 4.79 Å². The zero-order valence-electron chi connectivity index (χ0n) is 16.8. The number of hydrogen-bond donors (Lipinski definition) is 1. The first-order valence-corrected chi connectivity index (χ1v) is 9.84. The van der Waals surface area contributed by atoms with Gasteiger partial charge in [0.2, 0.25) is 5.91 Å². The summed E-state index contributed by atoms with van der Waals surface area (Å²) in [6, 6.07) is 8.69. The molecule has 0 saturated carbocycles. The van der Waals surface area contributed by atoms with Crippen LogP contribution >= 0.6 is 0 Å². The number of rotatable bonds is 4. The molecule has 0 atom stereocenters. The smallest absolute Gasteiger partial charge is 0.252 e. The van der Waals surface area contributed by atoms with Crippen molar-refractivity contribution in [1.82, 2.24) is 24.5 Å². The lowest BCUT2D eigenvalue weighted by molar-refractivity contribution is -0.917. The van der Waals surface area contributed by atoms with Gasteiger partial charge in [0.25, 0.3) is 5.78 Å². The Morgan fingerprint density at radius 1 is 1.18 bits per heavy atom. The first-order chi connectivity index (χ1) is 13.5. The van der Waals surface area contributed by atoms with Crippen LogP contribution in [-0.4, -0.2) is 56.6 Å². The molecule has 4 rings (SSSR count). The molecule has 1 amide bonds. The van der Waals surface area contributed by atoms with Gasteiger partial charge in [0.1, 0.15) is 12.9 Å². The average molecular weight is 379 g/mol. The maximum absolute atomic E-state index is 12.9. The Kier molecular flexibility index (Phi) is 5.09. The molecule has 146 valence electrons. The summed E-state index contributed by atoms with van der Waals surface area (Å²) in [5, 5.41) is 4.21. The van der Waals surface area contributed by atoms with Crippen LogP contribution in [0, 0.1) is 20.8 Å². The lowest BCUT2D eigenvalue weighted by Crippen LogP contribution is -3.13. The molecular weight excluding hydrogens is 352 g/mol. The fourth-order valence-electron chi connectivity index (χ4n) is 4.03. The minimum absolute atomic E-state index is 0.169. The minimum Gasteiger partial charge on any atom is -0.331 e. The van der Waals surface area contributed by atoms with Crippen LogP contribution in [0.1, 0.15) is 28.1 Å². The summed E-state index contributed by atoms with van der Waals surface area (Å²) in [5.74, 6) is 0.752. The van der Waals surface area contributed by atoms with Crippen molar-refractivity contribution in [3.05, 3.63) is 58.7 Å². The van der Waals surface area contributed by atoms with Gasteiger partial charge >= 0.3 is 0 Å². The van der Waals surface area contributed by atoms with Gasteiger partial charge in [0.05, 0.1) is 32.6 Å². The van der Waals surface area contributed by atoms with Crippen LogP contribution in [0.15, 0.2) is 30.6 Å². The summed E-state index contributed by atoms with van der Waals surface area (Å²) in [6.45, 7) is 10.6. The lowest BCUT2D eigenvalue weighted by Gasteiger charge is -2.32. The molecule has 1 saturated heterocycles. The zero-order valence-corrected chi connectivity index (χ0v) is 16.8. The summed E-state index contributed by atoms with van der Waals surface area (Å²) in [6.07, 6.45) is 1.87. The maximum atomic E-state index is 12.9. The standard InChI is InChI=1S/C21H26N6O/c1-15-5-4-6-18(11-15)13-25-7-9-26(10-8-25)20(28)12-19-16(2)24-21-22-14-23-27(21)17(19)3/h4-6,11,14H,7-10,12-13H2,1-3H3/p+1. The number of hydrogen-bond acceptors (Lipinski definition) is 4. The monoisotopic (exact) mass is 379 g/mol. The first-order valence-electron chi connectivity index (χ1n) is 9.84. The van der Waals surface area contributed by atoms with E-state index < -0.39 is 0 Å². The summed E-state index contributed by atoms with van der Waals surface area (Å²) in [4.78, 5) is 25.0. The SMILES string of the molecule is Cc1cccc(C[NH+]2CCN(C(=O)Cc3c(C)nc4ncnn4c3C)CC2)c1. The molecule has 0 spiro atoms. The number of aromatic nitrogens is 4. The molecule has 3 aromatic rings. The van der Waals surface area contributed by atoms with Gasteiger partial charge in [0, 0.05) is 22.5 Å². The van der Waals surface area contributed by atoms with E-state index in [-0.39, 0.29) is 5.91 Å². The van der Waals surface area contributed by atoms with E-state index in [4.69, 9.17) is 0 Å². The Labute approximate surface area is 165 Å². The molecule has 28 heavy (non-hydrogen) atoms. The highest BCUT2D eigenvalue weighted by molar-refractivity contribution is 5.79. The number of piperazine rings is 1. The summed E-state index contributed by atoms with van der Waals surface area (Å²) < 4.78 is 1.71. The van der Waals surface area contributed by atoms with Crippen molar-refractivity contribution in [3.63, 3.8) is 0 Å². The van der Waals surface area contributed by atoms with Gasteiger partial charge in [-0.1, -0.05) is 29.8 Å². The average Bonchev–Trinajstić information content (AvgIpc) is 3.14. The van der Waals surface area contributed by atoms with Crippen LogP contribution in [-0.2, 0) is 17.8 Å². The molecule has 0 unspecified atom stereocenters. The third-order valence-electron chi connectivity index (χ3n) is 5.68. The van der Waals surface area contributed by atoms with E-state index in [1.54, 1.807) is 4.52 Å². The molecule has 0 bridgehead atoms. The number of nitrogens with one attached hydrogen (secondary N) is 1. The van der Waals surface area contributed by atoms with Crippen molar-refractivity contribution in [3.8, 4) is 0 Å². The molecule has 0 radical (unpaired) electrons. The molecule has 1 aliphatic rings. The van der Waals surface area contributed by atoms with E-state index in [2.05, 4.69) is 46.3 Å². The van der Waals surface area contributed by atoms with Crippen LogP contribution in [0.5, 0.6) is 0 Å². The van der Waals surface area contributed by atoms with E-state index in [1.807, 2.05) is 18.7 Å². The van der Waals surface area contributed by atoms with Gasteiger partial charge in [0.15, 0.2) is 0 Å². The number of carbonyl (C=O) groups excluding carboxylic acids is 1. The second-order valence-electron chi connectivity index (χ2n) is 7.71. The quantitative estimate of drug-likeness (QED) is 0.718. The predicted molar refractivity (Wildman–Crippen MR) is 106 cm³/mol. The van der Waals surface area contributed by atoms with Crippen LogP contribution in [0.2, 0.25) is 0 Å². The Bertz CT molecular complexity index is 1000. The van der Waals surface area contributed by atoms with Crippen LogP contribution in [0.25, 0.3) is 5.78 Å². The number of aryl methyl sites for hydroxylation is 3. The maximum Gasteiger partial charge on any atom is 0.252 e. The Hall–Kier alpha value is -2.80. The fourth-order valence-corrected chi connectivity index (χ4v) is 4.03. The summed E-state index contributed by atoms with van der Waals surface area (Å²) in [7, 11) is 0. The number of benzene rings is 1. The van der Waals surface area contributed by atoms with Crippen molar-refractivity contribution < 1.29 is 9.69 Å². The van der Waals surface area contributed by atoms with E-state index in [0.717, 1.165) is 49.7 Å². The molecule has 1 aromatic carbocycles. The molecule has 1 N–H and O–H groups in total. The van der Waals surface area contributed by atoms with Crippen molar-refractivity contribution in [2.45, 2.75) is 33.7 Å². The summed E-state index contributed by atoms with van der Waals surface area (Å²) >= 11 is 0. The zero-order chi connectivity index (χ0) is 19.7. The number of amides is 1. The second-order valence-corrected chi connectivity index (χ2v) is 7.71. The molecule has 0 aliphatic carbocycles. The molecule has 3 heterocycles. The third-order valence-corrected chi connectivity index (χ3v) is 5.68. The molecule has 2 aromatic heterocycles. The van der Waals surface area contributed by atoms with Gasteiger partial charge in [-0.15, -0.1) is 0 Å². The normalized spacial score (nSPS) is 15.3. The topological polar surface area (TPSA) is 67.8 Å². The van der Waals surface area contributed by atoms with Crippen molar-refractivity contribution in [1.29, 1.82) is 0 Å². The fraction of sp³-hybridized carbons (Fsp3) is 0.429. The largest absolute Gasteiger partial charge is 0.331 e. The first kappa shape index (κ1) is 18.6. The Morgan fingerprint density at radius 3 is 2.71 bits per heavy atom.